The molecule has 0 atom stereocenters. The second kappa shape index (κ2) is 8.24. The van der Waals surface area contributed by atoms with Gasteiger partial charge in [0.2, 0.25) is 0 Å². The first-order valence-corrected chi connectivity index (χ1v) is 7.95. The van der Waals surface area contributed by atoms with E-state index in [0.717, 1.165) is 42.8 Å². The number of anilines is 1. The number of rotatable bonds is 8. The lowest BCUT2D eigenvalue weighted by Gasteiger charge is -2.22. The largest absolute Gasteiger partial charge is 0.389 e. The van der Waals surface area contributed by atoms with Crippen LogP contribution in [0.25, 0.3) is 0 Å². The predicted molar refractivity (Wildman–Crippen MR) is 92.9 cm³/mol. The summed E-state index contributed by atoms with van der Waals surface area (Å²) in [6.45, 7) is 10.2. The van der Waals surface area contributed by atoms with E-state index in [9.17, 15) is 0 Å². The first-order chi connectivity index (χ1) is 9.92. The van der Waals surface area contributed by atoms with E-state index in [1.165, 1.54) is 0 Å². The molecule has 0 spiro atoms. The van der Waals surface area contributed by atoms with Crippen LogP contribution in [0.15, 0.2) is 0 Å². The van der Waals surface area contributed by atoms with Gasteiger partial charge >= 0.3 is 0 Å². The molecule has 0 radical (unpaired) electrons. The van der Waals surface area contributed by atoms with Crippen LogP contribution in [0.2, 0.25) is 0 Å². The fourth-order valence-corrected chi connectivity index (χ4v) is 2.39. The zero-order valence-electron chi connectivity index (χ0n) is 13.7. The summed E-state index contributed by atoms with van der Waals surface area (Å²) in [5.41, 5.74) is 8.85. The fourth-order valence-electron chi connectivity index (χ4n) is 2.17. The van der Waals surface area contributed by atoms with Gasteiger partial charge in [-0.25, -0.2) is 0 Å². The molecule has 1 rings (SSSR count). The molecule has 0 bridgehead atoms. The molecule has 0 saturated carbocycles. The minimum Gasteiger partial charge on any atom is -0.389 e. The number of aryl methyl sites for hydroxylation is 1. The summed E-state index contributed by atoms with van der Waals surface area (Å²) in [6.07, 6.45) is 1.69. The highest BCUT2D eigenvalue weighted by Gasteiger charge is 2.16. The molecule has 1 heterocycles. The molecule has 0 aliphatic rings. The van der Waals surface area contributed by atoms with Crippen LogP contribution in [-0.4, -0.2) is 46.3 Å². The van der Waals surface area contributed by atoms with Crippen molar-refractivity contribution in [3.8, 4) is 0 Å². The van der Waals surface area contributed by atoms with Crippen molar-refractivity contribution in [1.82, 2.24) is 15.1 Å². The van der Waals surface area contributed by atoms with E-state index in [0.29, 0.717) is 16.8 Å². The average molecular weight is 309 g/mol. The molecule has 1 aromatic heterocycles. The maximum Gasteiger partial charge on any atom is 0.159 e. The van der Waals surface area contributed by atoms with E-state index < -0.39 is 0 Å². The van der Waals surface area contributed by atoms with E-state index in [1.54, 1.807) is 0 Å². The summed E-state index contributed by atoms with van der Waals surface area (Å²) in [5, 5.41) is 11.9. The van der Waals surface area contributed by atoms with Crippen LogP contribution in [0, 0.1) is 0 Å². The molecule has 118 valence electrons. The zero-order chi connectivity index (χ0) is 16.0. The second-order valence-corrected chi connectivity index (χ2v) is 5.86. The summed E-state index contributed by atoms with van der Waals surface area (Å²) >= 11 is 5.21. The highest BCUT2D eigenvalue weighted by atomic mass is 32.1. The minimum absolute atomic E-state index is 0.385. The third kappa shape index (κ3) is 4.61. The van der Waals surface area contributed by atoms with E-state index in [-0.39, 0.29) is 0 Å². The van der Waals surface area contributed by atoms with E-state index in [1.807, 2.05) is 0 Å². The Morgan fingerprint density at radius 1 is 1.29 bits per heavy atom. The number of likely N-dealkylation sites (N-methyl/N-ethyl adjacent to an activating group) is 1. The summed E-state index contributed by atoms with van der Waals surface area (Å²) in [5.74, 6) is 0.703. The Balaban J connectivity index is 2.94. The van der Waals surface area contributed by atoms with Crippen molar-refractivity contribution >= 4 is 23.0 Å². The van der Waals surface area contributed by atoms with Crippen molar-refractivity contribution in [2.75, 3.05) is 25.5 Å². The number of thiocarbonyl (C=S) groups is 1. The standard InChI is InChI=1S/C15H27N5S/c1-6-11-12(7-2)18-19-15(13(11)14(16)21)17-8-9-20(5)10(3)4/h10H,6-9H2,1-5H3,(H2,16,21)(H,17,19). The molecular weight excluding hydrogens is 282 g/mol. The number of nitrogens with one attached hydrogen (secondary N) is 1. The molecule has 0 aromatic carbocycles. The van der Waals surface area contributed by atoms with Gasteiger partial charge < -0.3 is 16.0 Å². The Kier molecular flexibility index (Phi) is 6.98. The summed E-state index contributed by atoms with van der Waals surface area (Å²) in [4.78, 5) is 2.65. The maximum absolute atomic E-state index is 5.91. The summed E-state index contributed by atoms with van der Waals surface area (Å²) in [6, 6.07) is 0.515. The molecule has 6 heteroatoms. The quantitative estimate of drug-likeness (QED) is 0.716. The fraction of sp³-hybridized carbons (Fsp3) is 0.667. The molecular formula is C15H27N5S. The van der Waals surface area contributed by atoms with E-state index >= 15 is 0 Å². The summed E-state index contributed by atoms with van der Waals surface area (Å²) in [7, 11) is 2.10. The highest BCUT2D eigenvalue weighted by molar-refractivity contribution is 7.80. The second-order valence-electron chi connectivity index (χ2n) is 5.42. The van der Waals surface area contributed by atoms with Crippen LogP contribution >= 0.6 is 12.2 Å². The SMILES string of the molecule is CCc1nnc(NCCN(C)C(C)C)c(C(N)=S)c1CC. The number of hydrogen-bond donors (Lipinski definition) is 2. The van der Waals surface area contributed by atoms with Gasteiger partial charge in [-0.3, -0.25) is 0 Å². The Labute approximate surface area is 133 Å². The van der Waals surface area contributed by atoms with Crippen LogP contribution in [0.1, 0.15) is 44.5 Å². The molecule has 0 unspecified atom stereocenters. The van der Waals surface area contributed by atoms with Gasteiger partial charge in [0, 0.05) is 19.1 Å². The van der Waals surface area contributed by atoms with Crippen molar-refractivity contribution in [2.45, 2.75) is 46.6 Å². The lowest BCUT2D eigenvalue weighted by atomic mass is 10.0. The minimum atomic E-state index is 0.385. The first kappa shape index (κ1) is 17.8. The van der Waals surface area contributed by atoms with Crippen LogP contribution in [0.3, 0.4) is 0 Å². The number of aromatic nitrogens is 2. The molecule has 3 N–H and O–H groups in total. The monoisotopic (exact) mass is 309 g/mol. The van der Waals surface area contributed by atoms with Gasteiger partial charge in [0.25, 0.3) is 0 Å². The Hall–Kier alpha value is -1.27. The van der Waals surface area contributed by atoms with Crippen molar-refractivity contribution in [2.24, 2.45) is 5.73 Å². The molecule has 1 aromatic rings. The first-order valence-electron chi connectivity index (χ1n) is 7.54. The normalized spacial score (nSPS) is 11.2. The average Bonchev–Trinajstić information content (AvgIpc) is 2.45. The summed E-state index contributed by atoms with van der Waals surface area (Å²) < 4.78 is 0. The lowest BCUT2D eigenvalue weighted by molar-refractivity contribution is 0.284. The molecule has 0 aliphatic carbocycles. The van der Waals surface area contributed by atoms with Gasteiger partial charge in [0.1, 0.15) is 4.99 Å². The number of hydrogen-bond acceptors (Lipinski definition) is 5. The number of nitrogens with two attached hydrogens (primary N) is 1. The van der Waals surface area contributed by atoms with Gasteiger partial charge in [-0.1, -0.05) is 26.1 Å². The third-order valence-electron chi connectivity index (χ3n) is 3.73. The van der Waals surface area contributed by atoms with Crippen molar-refractivity contribution in [3.63, 3.8) is 0 Å². The smallest absolute Gasteiger partial charge is 0.159 e. The zero-order valence-corrected chi connectivity index (χ0v) is 14.5. The van der Waals surface area contributed by atoms with Gasteiger partial charge in [-0.2, -0.15) is 5.10 Å². The van der Waals surface area contributed by atoms with Crippen LogP contribution in [0.4, 0.5) is 5.82 Å². The molecule has 0 saturated heterocycles. The van der Waals surface area contributed by atoms with E-state index in [4.69, 9.17) is 18.0 Å². The predicted octanol–water partition coefficient (Wildman–Crippen LogP) is 1.99. The molecule has 0 fully saturated rings. The molecule has 0 aliphatic heterocycles. The molecule has 0 amide bonds. The van der Waals surface area contributed by atoms with Gasteiger partial charge in [0.15, 0.2) is 5.82 Å². The molecule has 5 nitrogen and oxygen atoms in total. The van der Waals surface area contributed by atoms with Crippen molar-refractivity contribution in [1.29, 1.82) is 0 Å². The topological polar surface area (TPSA) is 67.1 Å². The van der Waals surface area contributed by atoms with E-state index in [2.05, 4.69) is 55.2 Å². The lowest BCUT2D eigenvalue weighted by Crippen LogP contribution is -2.31. The Morgan fingerprint density at radius 2 is 1.95 bits per heavy atom. The highest BCUT2D eigenvalue weighted by Crippen LogP contribution is 2.20. The third-order valence-corrected chi connectivity index (χ3v) is 3.94. The maximum atomic E-state index is 5.91. The number of nitrogens with zero attached hydrogens (tertiary/aromatic N) is 3. The Bertz CT molecular complexity index is 487. The van der Waals surface area contributed by atoms with Crippen LogP contribution in [-0.2, 0) is 12.8 Å². The molecule has 21 heavy (non-hydrogen) atoms. The van der Waals surface area contributed by atoms with Crippen LogP contribution < -0.4 is 11.1 Å². The Morgan fingerprint density at radius 3 is 2.43 bits per heavy atom. The van der Waals surface area contributed by atoms with Crippen molar-refractivity contribution in [3.05, 3.63) is 16.8 Å². The van der Waals surface area contributed by atoms with Crippen LogP contribution in [0.5, 0.6) is 0 Å². The van der Waals surface area contributed by atoms with Gasteiger partial charge in [-0.05, 0) is 39.3 Å². The van der Waals surface area contributed by atoms with Gasteiger partial charge in [-0.15, -0.1) is 5.10 Å². The van der Waals surface area contributed by atoms with Crippen molar-refractivity contribution < 1.29 is 0 Å². The van der Waals surface area contributed by atoms with Gasteiger partial charge in [0.05, 0.1) is 11.3 Å².